The first-order valence-electron chi connectivity index (χ1n) is 8.06. The van der Waals surface area contributed by atoms with Crippen LogP contribution in [0.1, 0.15) is 31.5 Å². The van der Waals surface area contributed by atoms with Crippen molar-refractivity contribution >= 4 is 41.0 Å². The Hall–Kier alpha value is -1.99. The number of anilines is 1. The number of fused-ring (bicyclic) bond motifs is 1. The summed E-state index contributed by atoms with van der Waals surface area (Å²) in [6.45, 7) is 3.81. The number of halogens is 1. The molecule has 2 amide bonds. The van der Waals surface area contributed by atoms with Crippen molar-refractivity contribution in [3.8, 4) is 5.69 Å². The van der Waals surface area contributed by atoms with Gasteiger partial charge in [0.2, 0.25) is 0 Å². The highest BCUT2D eigenvalue weighted by Crippen LogP contribution is 2.36. The molecule has 3 rings (SSSR count). The number of thioether (sulfide) groups is 1. The van der Waals surface area contributed by atoms with Crippen molar-refractivity contribution in [2.75, 3.05) is 5.32 Å². The Morgan fingerprint density at radius 1 is 1.28 bits per heavy atom. The second-order valence-electron chi connectivity index (χ2n) is 5.89. The number of aromatic nitrogens is 2. The first-order chi connectivity index (χ1) is 12.0. The number of carbonyl (C=O) groups excluding carboxylic acids is 2. The van der Waals surface area contributed by atoms with Crippen molar-refractivity contribution in [2.45, 2.75) is 37.8 Å². The van der Waals surface area contributed by atoms with E-state index in [-0.39, 0.29) is 6.04 Å². The predicted octanol–water partition coefficient (Wildman–Crippen LogP) is 3.13. The molecule has 0 bridgehead atoms. The third kappa shape index (κ3) is 3.82. The standard InChI is InChI=1S/C17H19ClN4O2S/c1-3-10(2)19-16(23)17(24)20-15-13-8-25-9-14(13)21-22(15)12-6-4-11(18)5-7-12/h4-7,10H,3,8-9H2,1-2H3,(H,19,23)(H,20,24). The topological polar surface area (TPSA) is 76.0 Å². The summed E-state index contributed by atoms with van der Waals surface area (Å²) in [6.07, 6.45) is 0.758. The number of amides is 2. The van der Waals surface area contributed by atoms with Crippen LogP contribution in [0.3, 0.4) is 0 Å². The van der Waals surface area contributed by atoms with Crippen molar-refractivity contribution in [3.05, 3.63) is 40.5 Å². The molecule has 6 nitrogen and oxygen atoms in total. The van der Waals surface area contributed by atoms with Gasteiger partial charge in [-0.25, -0.2) is 4.68 Å². The van der Waals surface area contributed by atoms with Crippen molar-refractivity contribution in [2.24, 2.45) is 0 Å². The van der Waals surface area contributed by atoms with Gasteiger partial charge in [0.25, 0.3) is 0 Å². The summed E-state index contributed by atoms with van der Waals surface area (Å²) in [5.74, 6) is 0.767. The number of hydrogen-bond acceptors (Lipinski definition) is 4. The third-order valence-corrected chi connectivity index (χ3v) is 5.27. The minimum atomic E-state index is -0.685. The van der Waals surface area contributed by atoms with E-state index in [2.05, 4.69) is 15.7 Å². The predicted molar refractivity (Wildman–Crippen MR) is 100 cm³/mol. The highest BCUT2D eigenvalue weighted by Gasteiger charge is 2.26. The second kappa shape index (κ2) is 7.49. The molecule has 0 spiro atoms. The van der Waals surface area contributed by atoms with Crippen LogP contribution in [0.15, 0.2) is 24.3 Å². The minimum absolute atomic E-state index is 0.0549. The Kier molecular flexibility index (Phi) is 5.34. The van der Waals surface area contributed by atoms with Gasteiger partial charge in [-0.3, -0.25) is 9.59 Å². The van der Waals surface area contributed by atoms with E-state index in [0.29, 0.717) is 10.8 Å². The van der Waals surface area contributed by atoms with E-state index in [0.717, 1.165) is 34.9 Å². The second-order valence-corrected chi connectivity index (χ2v) is 7.31. The molecule has 2 N–H and O–H groups in total. The van der Waals surface area contributed by atoms with Crippen LogP contribution in [0, 0.1) is 0 Å². The molecule has 1 aromatic carbocycles. The van der Waals surface area contributed by atoms with E-state index < -0.39 is 11.8 Å². The molecular formula is C17H19ClN4O2S. The van der Waals surface area contributed by atoms with Crippen LogP contribution in [0.4, 0.5) is 5.82 Å². The Morgan fingerprint density at radius 2 is 2.00 bits per heavy atom. The van der Waals surface area contributed by atoms with Gasteiger partial charge in [-0.15, -0.1) is 0 Å². The molecular weight excluding hydrogens is 360 g/mol. The van der Waals surface area contributed by atoms with E-state index >= 15 is 0 Å². The lowest BCUT2D eigenvalue weighted by molar-refractivity contribution is -0.136. The summed E-state index contributed by atoms with van der Waals surface area (Å²) in [5.41, 5.74) is 2.67. The first-order valence-corrected chi connectivity index (χ1v) is 9.59. The maximum Gasteiger partial charge on any atom is 0.314 e. The number of benzene rings is 1. The van der Waals surface area contributed by atoms with E-state index in [1.165, 1.54) is 0 Å². The van der Waals surface area contributed by atoms with E-state index in [1.807, 2.05) is 26.0 Å². The number of rotatable bonds is 4. The van der Waals surface area contributed by atoms with Crippen molar-refractivity contribution in [1.29, 1.82) is 0 Å². The molecule has 2 heterocycles. The molecule has 1 aliphatic heterocycles. The number of carbonyl (C=O) groups is 2. The van der Waals surface area contributed by atoms with Crippen LogP contribution in [0.2, 0.25) is 5.02 Å². The third-order valence-electron chi connectivity index (χ3n) is 4.05. The molecule has 132 valence electrons. The zero-order chi connectivity index (χ0) is 18.0. The SMILES string of the molecule is CCC(C)NC(=O)C(=O)Nc1c2c(nn1-c1ccc(Cl)cc1)CSC2. The maximum atomic E-state index is 12.3. The van der Waals surface area contributed by atoms with E-state index in [1.54, 1.807) is 28.6 Å². The Bertz CT molecular complexity index is 804. The molecule has 1 atom stereocenters. The molecule has 1 aromatic heterocycles. The van der Waals surface area contributed by atoms with Crippen LogP contribution < -0.4 is 10.6 Å². The Balaban J connectivity index is 1.89. The molecule has 8 heteroatoms. The highest BCUT2D eigenvalue weighted by atomic mass is 35.5. The summed E-state index contributed by atoms with van der Waals surface area (Å²) in [6, 6.07) is 7.12. The lowest BCUT2D eigenvalue weighted by atomic mass is 10.2. The fraction of sp³-hybridized carbons (Fsp3) is 0.353. The van der Waals surface area contributed by atoms with Crippen LogP contribution >= 0.6 is 23.4 Å². The summed E-state index contributed by atoms with van der Waals surface area (Å²) in [4.78, 5) is 24.4. The van der Waals surface area contributed by atoms with Gasteiger partial charge in [0.15, 0.2) is 0 Å². The van der Waals surface area contributed by atoms with E-state index in [9.17, 15) is 9.59 Å². The number of nitrogens with zero attached hydrogens (tertiary/aromatic N) is 2. The molecule has 0 aliphatic carbocycles. The molecule has 1 unspecified atom stereocenters. The Morgan fingerprint density at radius 3 is 2.68 bits per heavy atom. The fourth-order valence-corrected chi connectivity index (χ4v) is 3.63. The van der Waals surface area contributed by atoms with Crippen LogP contribution in [-0.2, 0) is 21.1 Å². The fourth-order valence-electron chi connectivity index (χ4n) is 2.47. The summed E-state index contributed by atoms with van der Waals surface area (Å²) in [7, 11) is 0. The van der Waals surface area contributed by atoms with Gasteiger partial charge in [-0.05, 0) is 37.6 Å². The summed E-state index contributed by atoms with van der Waals surface area (Å²) < 4.78 is 1.66. The van der Waals surface area contributed by atoms with Gasteiger partial charge in [0, 0.05) is 28.1 Å². The molecule has 0 fully saturated rings. The zero-order valence-corrected chi connectivity index (χ0v) is 15.6. The van der Waals surface area contributed by atoms with Gasteiger partial charge in [0.05, 0.1) is 11.4 Å². The van der Waals surface area contributed by atoms with E-state index in [4.69, 9.17) is 11.6 Å². The zero-order valence-electron chi connectivity index (χ0n) is 14.0. The average Bonchev–Trinajstić information content (AvgIpc) is 3.18. The average molecular weight is 379 g/mol. The summed E-state index contributed by atoms with van der Waals surface area (Å²) in [5, 5.41) is 10.6. The monoisotopic (exact) mass is 378 g/mol. The lowest BCUT2D eigenvalue weighted by Gasteiger charge is -2.13. The largest absolute Gasteiger partial charge is 0.345 e. The number of hydrogen-bond donors (Lipinski definition) is 2. The highest BCUT2D eigenvalue weighted by molar-refractivity contribution is 7.98. The molecule has 25 heavy (non-hydrogen) atoms. The van der Waals surface area contributed by atoms with Crippen molar-refractivity contribution in [1.82, 2.24) is 15.1 Å². The van der Waals surface area contributed by atoms with Crippen molar-refractivity contribution in [3.63, 3.8) is 0 Å². The Labute approximate surface area is 155 Å². The van der Waals surface area contributed by atoms with Gasteiger partial charge < -0.3 is 10.6 Å². The van der Waals surface area contributed by atoms with Gasteiger partial charge in [0.1, 0.15) is 5.82 Å². The number of nitrogens with one attached hydrogen (secondary N) is 2. The smallest absolute Gasteiger partial charge is 0.314 e. The van der Waals surface area contributed by atoms with Gasteiger partial charge >= 0.3 is 11.8 Å². The van der Waals surface area contributed by atoms with Crippen LogP contribution in [-0.4, -0.2) is 27.6 Å². The van der Waals surface area contributed by atoms with Crippen LogP contribution in [0.5, 0.6) is 0 Å². The van der Waals surface area contributed by atoms with Gasteiger partial charge in [-0.1, -0.05) is 18.5 Å². The quantitative estimate of drug-likeness (QED) is 0.801. The van der Waals surface area contributed by atoms with Crippen LogP contribution in [0.25, 0.3) is 5.69 Å². The first kappa shape index (κ1) is 17.8. The molecule has 0 radical (unpaired) electrons. The minimum Gasteiger partial charge on any atom is -0.345 e. The molecule has 0 saturated carbocycles. The molecule has 1 aliphatic rings. The van der Waals surface area contributed by atoms with Crippen molar-refractivity contribution < 1.29 is 9.59 Å². The van der Waals surface area contributed by atoms with Gasteiger partial charge in [-0.2, -0.15) is 16.9 Å². The lowest BCUT2D eigenvalue weighted by Crippen LogP contribution is -2.40. The normalized spacial score (nSPS) is 14.0. The maximum absolute atomic E-state index is 12.3. The molecule has 0 saturated heterocycles. The summed E-state index contributed by atoms with van der Waals surface area (Å²) >= 11 is 7.68. The molecule has 2 aromatic rings.